The van der Waals surface area contributed by atoms with Crippen LogP contribution in [0.3, 0.4) is 0 Å². The predicted molar refractivity (Wildman–Crippen MR) is 66.8 cm³/mol. The largest absolute Gasteiger partial charge is 0.462 e. The molecule has 0 saturated carbocycles. The summed E-state index contributed by atoms with van der Waals surface area (Å²) in [6, 6.07) is 3.80. The van der Waals surface area contributed by atoms with Crippen LogP contribution in [0.1, 0.15) is 30.6 Å². The highest BCUT2D eigenvalue weighted by atomic mass is 19.1. The van der Waals surface area contributed by atoms with E-state index < -0.39 is 11.8 Å². The van der Waals surface area contributed by atoms with Crippen LogP contribution in [0.15, 0.2) is 18.2 Å². The first kappa shape index (κ1) is 14.4. The second-order valence-electron chi connectivity index (χ2n) is 4.59. The topological polar surface area (TPSA) is 61.5 Å². The maximum Gasteiger partial charge on any atom is 0.341 e. The number of halogens is 1. The molecule has 0 saturated heterocycles. The molecule has 0 aliphatic carbocycles. The van der Waals surface area contributed by atoms with Crippen molar-refractivity contribution in [1.82, 2.24) is 0 Å². The van der Waals surface area contributed by atoms with E-state index in [1.807, 2.05) is 13.8 Å². The summed E-state index contributed by atoms with van der Waals surface area (Å²) in [5.74, 6) is -1.35. The van der Waals surface area contributed by atoms with E-state index in [-0.39, 0.29) is 17.8 Å². The van der Waals surface area contributed by atoms with Crippen molar-refractivity contribution in [3.63, 3.8) is 0 Å². The summed E-state index contributed by atoms with van der Waals surface area (Å²) in [6.45, 7) is 3.91. The Hall–Kier alpha value is -1.62. The summed E-state index contributed by atoms with van der Waals surface area (Å²) < 4.78 is 23.5. The number of carbonyl (C=O) groups excluding carboxylic acids is 1. The smallest absolute Gasteiger partial charge is 0.341 e. The fraction of sp³-hybridized carbons (Fsp3) is 0.462. The first-order chi connectivity index (χ1) is 8.35. The Kier molecular flexibility index (Phi) is 4.67. The molecule has 1 aromatic carbocycles. The Balaban J connectivity index is 2.58. The number of anilines is 1. The van der Waals surface area contributed by atoms with Crippen LogP contribution in [0, 0.1) is 5.82 Å². The summed E-state index contributed by atoms with van der Waals surface area (Å²) in [4.78, 5) is 11.6. The zero-order valence-corrected chi connectivity index (χ0v) is 10.8. The van der Waals surface area contributed by atoms with Gasteiger partial charge in [-0.15, -0.1) is 0 Å². The lowest BCUT2D eigenvalue weighted by Gasteiger charge is -2.22. The van der Waals surface area contributed by atoms with E-state index in [1.54, 1.807) is 7.11 Å². The first-order valence-corrected chi connectivity index (χ1v) is 5.63. The van der Waals surface area contributed by atoms with Crippen molar-refractivity contribution in [2.24, 2.45) is 0 Å². The molecular formula is C13H18FNO3. The third kappa shape index (κ3) is 4.00. The van der Waals surface area contributed by atoms with E-state index in [2.05, 4.69) is 0 Å². The SMILES string of the molecule is COC(C)(C)CCOC(=O)c1cc(N)ccc1F. The molecule has 0 amide bonds. The van der Waals surface area contributed by atoms with Crippen LogP contribution >= 0.6 is 0 Å². The molecule has 0 fully saturated rings. The Morgan fingerprint density at radius 2 is 2.11 bits per heavy atom. The van der Waals surface area contributed by atoms with Gasteiger partial charge in [-0.1, -0.05) is 0 Å². The van der Waals surface area contributed by atoms with Crippen LogP contribution in [-0.2, 0) is 9.47 Å². The lowest BCUT2D eigenvalue weighted by atomic mass is 10.1. The second kappa shape index (κ2) is 5.82. The average Bonchev–Trinajstić information content (AvgIpc) is 2.32. The number of hydrogen-bond donors (Lipinski definition) is 1. The van der Waals surface area contributed by atoms with E-state index in [0.717, 1.165) is 6.07 Å². The van der Waals surface area contributed by atoms with Crippen LogP contribution in [0.5, 0.6) is 0 Å². The highest BCUT2D eigenvalue weighted by Crippen LogP contribution is 2.16. The normalized spacial score (nSPS) is 11.3. The molecule has 0 bridgehead atoms. The van der Waals surface area contributed by atoms with Crippen LogP contribution in [0.4, 0.5) is 10.1 Å². The van der Waals surface area contributed by atoms with Gasteiger partial charge in [0.05, 0.1) is 17.8 Å². The van der Waals surface area contributed by atoms with Crippen molar-refractivity contribution >= 4 is 11.7 Å². The number of nitrogen functional groups attached to an aromatic ring is 1. The van der Waals surface area contributed by atoms with E-state index in [1.165, 1.54) is 12.1 Å². The molecule has 0 atom stereocenters. The number of benzene rings is 1. The van der Waals surface area contributed by atoms with Crippen LogP contribution < -0.4 is 5.73 Å². The minimum atomic E-state index is -0.716. The number of esters is 1. The number of ether oxygens (including phenoxy) is 2. The zero-order chi connectivity index (χ0) is 13.8. The van der Waals surface area contributed by atoms with Crippen LogP contribution in [0.25, 0.3) is 0 Å². The van der Waals surface area contributed by atoms with Gasteiger partial charge in [0.25, 0.3) is 0 Å². The summed E-state index contributed by atoms with van der Waals surface area (Å²) >= 11 is 0. The van der Waals surface area contributed by atoms with E-state index in [0.29, 0.717) is 12.1 Å². The summed E-state index contributed by atoms with van der Waals surface area (Å²) in [6.07, 6.45) is 0.527. The monoisotopic (exact) mass is 255 g/mol. The molecule has 0 heterocycles. The Morgan fingerprint density at radius 1 is 1.44 bits per heavy atom. The van der Waals surface area contributed by atoms with Crippen molar-refractivity contribution in [3.8, 4) is 0 Å². The molecule has 1 rings (SSSR count). The molecule has 0 aromatic heterocycles. The number of hydrogen-bond acceptors (Lipinski definition) is 4. The van der Waals surface area contributed by atoms with Gasteiger partial charge in [0, 0.05) is 19.2 Å². The number of rotatable bonds is 5. The third-order valence-electron chi connectivity index (χ3n) is 2.70. The van der Waals surface area contributed by atoms with Crippen molar-refractivity contribution in [2.45, 2.75) is 25.9 Å². The third-order valence-corrected chi connectivity index (χ3v) is 2.70. The van der Waals surface area contributed by atoms with Gasteiger partial charge in [-0.05, 0) is 32.0 Å². The maximum absolute atomic E-state index is 13.4. The number of carbonyl (C=O) groups is 1. The molecule has 2 N–H and O–H groups in total. The standard InChI is InChI=1S/C13H18FNO3/c1-13(2,17-3)6-7-18-12(16)10-8-9(15)4-5-11(10)14/h4-5,8H,6-7,15H2,1-3H3. The maximum atomic E-state index is 13.4. The average molecular weight is 255 g/mol. The van der Waals surface area contributed by atoms with Crippen LogP contribution in [-0.4, -0.2) is 25.3 Å². The van der Waals surface area contributed by atoms with E-state index in [9.17, 15) is 9.18 Å². The molecule has 4 nitrogen and oxygen atoms in total. The van der Waals surface area contributed by atoms with Gasteiger partial charge in [-0.25, -0.2) is 9.18 Å². The van der Waals surface area contributed by atoms with Crippen LogP contribution in [0.2, 0.25) is 0 Å². The van der Waals surface area contributed by atoms with Crippen molar-refractivity contribution in [1.29, 1.82) is 0 Å². The molecule has 0 aliphatic heterocycles. The van der Waals surface area contributed by atoms with Gasteiger partial charge in [0.15, 0.2) is 0 Å². The van der Waals surface area contributed by atoms with Gasteiger partial charge >= 0.3 is 5.97 Å². The van der Waals surface area contributed by atoms with Gasteiger partial charge < -0.3 is 15.2 Å². The van der Waals surface area contributed by atoms with E-state index >= 15 is 0 Å². The summed E-state index contributed by atoms with van der Waals surface area (Å²) in [7, 11) is 1.58. The first-order valence-electron chi connectivity index (χ1n) is 5.63. The Labute approximate surface area is 106 Å². The second-order valence-corrected chi connectivity index (χ2v) is 4.59. The lowest BCUT2D eigenvalue weighted by Crippen LogP contribution is -2.25. The molecule has 18 heavy (non-hydrogen) atoms. The Morgan fingerprint density at radius 3 is 2.72 bits per heavy atom. The van der Waals surface area contributed by atoms with Crippen molar-refractivity contribution in [2.75, 3.05) is 19.5 Å². The minimum absolute atomic E-state index is 0.148. The molecule has 0 spiro atoms. The molecule has 1 aromatic rings. The predicted octanol–water partition coefficient (Wildman–Crippen LogP) is 2.38. The lowest BCUT2D eigenvalue weighted by molar-refractivity contribution is -0.00574. The van der Waals surface area contributed by atoms with E-state index in [4.69, 9.17) is 15.2 Å². The number of methoxy groups -OCH3 is 1. The summed E-state index contributed by atoms with van der Waals surface area (Å²) in [5.41, 5.74) is 5.28. The zero-order valence-electron chi connectivity index (χ0n) is 10.8. The van der Waals surface area contributed by atoms with Gasteiger partial charge in [0.2, 0.25) is 0 Å². The van der Waals surface area contributed by atoms with Gasteiger partial charge in [-0.2, -0.15) is 0 Å². The molecular weight excluding hydrogens is 237 g/mol. The fourth-order valence-electron chi connectivity index (χ4n) is 1.27. The highest BCUT2D eigenvalue weighted by Gasteiger charge is 2.18. The van der Waals surface area contributed by atoms with Gasteiger partial charge in [0.1, 0.15) is 5.82 Å². The number of nitrogens with two attached hydrogens (primary N) is 1. The Bertz CT molecular complexity index is 432. The molecule has 0 radical (unpaired) electrons. The van der Waals surface area contributed by atoms with Crippen molar-refractivity contribution < 1.29 is 18.7 Å². The molecule has 5 heteroatoms. The molecule has 100 valence electrons. The minimum Gasteiger partial charge on any atom is -0.462 e. The quantitative estimate of drug-likeness (QED) is 0.648. The molecule has 0 unspecified atom stereocenters. The highest BCUT2D eigenvalue weighted by molar-refractivity contribution is 5.90. The fourth-order valence-corrected chi connectivity index (χ4v) is 1.27. The summed E-state index contributed by atoms with van der Waals surface area (Å²) in [5, 5.41) is 0. The molecule has 0 aliphatic rings. The van der Waals surface area contributed by atoms with Crippen molar-refractivity contribution in [3.05, 3.63) is 29.6 Å². The van der Waals surface area contributed by atoms with Gasteiger partial charge in [-0.3, -0.25) is 0 Å².